The van der Waals surface area contributed by atoms with Crippen molar-refractivity contribution in [3.8, 4) is 10.4 Å². The molecule has 2 aliphatic rings. The average Bonchev–Trinajstić information content (AvgIpc) is 3.48. The summed E-state index contributed by atoms with van der Waals surface area (Å²) >= 11 is 1.56. The third kappa shape index (κ3) is 4.79. The highest BCUT2D eigenvalue weighted by atomic mass is 32.1. The molecular formula is C26H33N5O4S. The maximum Gasteiger partial charge on any atom is 0.257 e. The Balaban J connectivity index is 1.63. The van der Waals surface area contributed by atoms with Crippen LogP contribution in [0.2, 0.25) is 0 Å². The predicted octanol–water partition coefficient (Wildman–Crippen LogP) is 2.37. The van der Waals surface area contributed by atoms with E-state index in [0.717, 1.165) is 21.7 Å². The number of β-amino-alcohol motifs (C(OH)–C–C–N with tert-alkyl or cyclic N) is 1. The smallest absolute Gasteiger partial charge is 0.257 e. The van der Waals surface area contributed by atoms with Gasteiger partial charge in [0.05, 0.1) is 28.2 Å². The Hall–Kier alpha value is -3.11. The van der Waals surface area contributed by atoms with Crippen LogP contribution in [-0.4, -0.2) is 63.3 Å². The third-order valence-corrected chi connectivity index (χ3v) is 7.80. The summed E-state index contributed by atoms with van der Waals surface area (Å²) in [7, 11) is 0. The molecule has 0 saturated carbocycles. The lowest BCUT2D eigenvalue weighted by Gasteiger charge is -2.35. The fraction of sp³-hybridized carbons (Fsp3) is 0.500. The number of rotatable bonds is 5. The molecule has 2 aromatic rings. The second-order valence-electron chi connectivity index (χ2n) is 10.8. The number of nitrogens with one attached hydrogen (secondary N) is 2. The molecule has 1 aromatic heterocycles. The first kappa shape index (κ1) is 26.0. The third-order valence-electron chi connectivity index (χ3n) is 6.82. The van der Waals surface area contributed by atoms with E-state index in [4.69, 9.17) is 4.99 Å². The molecule has 1 fully saturated rings. The number of carbonyl (C=O) groups is 3. The summed E-state index contributed by atoms with van der Waals surface area (Å²) in [5.74, 6) is -0.558. The van der Waals surface area contributed by atoms with E-state index in [1.54, 1.807) is 23.8 Å². The van der Waals surface area contributed by atoms with Crippen molar-refractivity contribution in [2.75, 3.05) is 6.54 Å². The topological polar surface area (TPSA) is 124 Å². The van der Waals surface area contributed by atoms with Crippen LogP contribution in [0.25, 0.3) is 10.4 Å². The minimum Gasteiger partial charge on any atom is -0.391 e. The van der Waals surface area contributed by atoms with E-state index >= 15 is 0 Å². The van der Waals surface area contributed by atoms with Gasteiger partial charge in [0.1, 0.15) is 11.9 Å². The van der Waals surface area contributed by atoms with E-state index in [2.05, 4.69) is 15.6 Å². The van der Waals surface area contributed by atoms with Gasteiger partial charge >= 0.3 is 0 Å². The number of aliphatic hydroxyl groups excluding tert-OH is 1. The molecule has 0 spiro atoms. The second-order valence-corrected chi connectivity index (χ2v) is 11.6. The van der Waals surface area contributed by atoms with Crippen LogP contribution in [0.5, 0.6) is 0 Å². The van der Waals surface area contributed by atoms with E-state index in [0.29, 0.717) is 5.84 Å². The largest absolute Gasteiger partial charge is 0.391 e. The Kier molecular flexibility index (Phi) is 6.78. The number of hydrogen-bond donors (Lipinski definition) is 3. The second kappa shape index (κ2) is 9.40. The molecule has 192 valence electrons. The van der Waals surface area contributed by atoms with Gasteiger partial charge in [-0.2, -0.15) is 0 Å². The van der Waals surface area contributed by atoms with Crippen LogP contribution in [0.4, 0.5) is 0 Å². The van der Waals surface area contributed by atoms with Crippen molar-refractivity contribution in [1.29, 1.82) is 0 Å². The molecule has 3 heterocycles. The van der Waals surface area contributed by atoms with Crippen molar-refractivity contribution in [2.24, 2.45) is 10.4 Å². The molecule has 2 aliphatic heterocycles. The lowest BCUT2D eigenvalue weighted by atomic mass is 9.85. The Morgan fingerprint density at radius 2 is 1.94 bits per heavy atom. The van der Waals surface area contributed by atoms with E-state index in [-0.39, 0.29) is 30.7 Å². The van der Waals surface area contributed by atoms with Gasteiger partial charge < -0.3 is 20.6 Å². The van der Waals surface area contributed by atoms with E-state index in [1.807, 2.05) is 52.0 Å². The van der Waals surface area contributed by atoms with Crippen molar-refractivity contribution >= 4 is 34.9 Å². The quantitative estimate of drug-likeness (QED) is 0.569. The molecule has 0 aliphatic carbocycles. The molecule has 10 heteroatoms. The van der Waals surface area contributed by atoms with Gasteiger partial charge in [0.15, 0.2) is 5.54 Å². The number of hydrogen-bond acceptors (Lipinski definition) is 7. The summed E-state index contributed by atoms with van der Waals surface area (Å²) < 4.78 is 0. The van der Waals surface area contributed by atoms with Gasteiger partial charge in [0.25, 0.3) is 5.91 Å². The number of aliphatic imine (C=N–C) groups is 1. The molecule has 1 saturated heterocycles. The van der Waals surface area contributed by atoms with Gasteiger partial charge in [-0.15, -0.1) is 11.3 Å². The first-order valence-corrected chi connectivity index (χ1v) is 12.9. The van der Waals surface area contributed by atoms with Crippen molar-refractivity contribution in [2.45, 2.75) is 71.7 Å². The number of aryl methyl sites for hydroxylation is 1. The zero-order valence-electron chi connectivity index (χ0n) is 21.5. The molecule has 3 N–H and O–H groups in total. The van der Waals surface area contributed by atoms with Crippen LogP contribution >= 0.6 is 11.3 Å². The van der Waals surface area contributed by atoms with Gasteiger partial charge in [-0.1, -0.05) is 45.0 Å². The zero-order valence-corrected chi connectivity index (χ0v) is 22.3. The lowest BCUT2D eigenvalue weighted by Crippen LogP contribution is -2.57. The maximum absolute atomic E-state index is 13.6. The summed E-state index contributed by atoms with van der Waals surface area (Å²) in [6, 6.07) is 6.31. The minimum atomic E-state index is -1.17. The van der Waals surface area contributed by atoms with Gasteiger partial charge in [0, 0.05) is 19.9 Å². The maximum atomic E-state index is 13.6. The van der Waals surface area contributed by atoms with Crippen molar-refractivity contribution in [1.82, 2.24) is 20.5 Å². The first-order chi connectivity index (χ1) is 16.8. The number of amidine groups is 1. The van der Waals surface area contributed by atoms with Crippen LogP contribution in [0, 0.1) is 12.3 Å². The average molecular weight is 512 g/mol. The van der Waals surface area contributed by atoms with E-state index in [9.17, 15) is 19.5 Å². The number of carbonyl (C=O) groups excluding carboxylic acids is 3. The highest BCUT2D eigenvalue weighted by molar-refractivity contribution is 7.13. The number of aliphatic hydroxyl groups is 1. The number of aromatic nitrogens is 1. The van der Waals surface area contributed by atoms with Crippen LogP contribution in [-0.2, 0) is 19.9 Å². The minimum absolute atomic E-state index is 0.101. The number of likely N-dealkylation sites (tertiary alicyclic amines) is 1. The van der Waals surface area contributed by atoms with Gasteiger partial charge in [0.2, 0.25) is 11.8 Å². The number of thiazole rings is 1. The normalized spacial score (nSPS) is 24.9. The molecule has 4 rings (SSSR count). The van der Waals surface area contributed by atoms with Crippen molar-refractivity contribution in [3.63, 3.8) is 0 Å². The number of benzene rings is 1. The SMILES string of the molecule is CC(=O)N[C@H](C(=O)N1C[C@H](O)C[C@@H]1C1=N[C@@](C)(c2ccc(-c3scnc3C)cc2)C(=O)N1)C(C)(C)C. The fourth-order valence-electron chi connectivity index (χ4n) is 4.77. The summed E-state index contributed by atoms with van der Waals surface area (Å²) in [6.07, 6.45) is -0.508. The molecule has 1 aromatic carbocycles. The zero-order chi connectivity index (χ0) is 26.4. The van der Waals surface area contributed by atoms with Gasteiger partial charge in [-0.3, -0.25) is 14.4 Å². The number of amides is 3. The Bertz CT molecular complexity index is 1220. The summed E-state index contributed by atoms with van der Waals surface area (Å²) in [5, 5.41) is 16.1. The van der Waals surface area contributed by atoms with Crippen molar-refractivity contribution in [3.05, 3.63) is 41.0 Å². The Morgan fingerprint density at radius 3 is 2.50 bits per heavy atom. The lowest BCUT2D eigenvalue weighted by molar-refractivity contribution is -0.139. The molecular weight excluding hydrogens is 478 g/mol. The van der Waals surface area contributed by atoms with E-state index < -0.39 is 29.1 Å². The highest BCUT2D eigenvalue weighted by Gasteiger charge is 2.48. The monoisotopic (exact) mass is 511 g/mol. The summed E-state index contributed by atoms with van der Waals surface area (Å²) in [6.45, 7) is 10.8. The van der Waals surface area contributed by atoms with Crippen LogP contribution in [0.15, 0.2) is 34.8 Å². The van der Waals surface area contributed by atoms with Gasteiger partial charge in [-0.25, -0.2) is 9.98 Å². The Labute approximate surface area is 215 Å². The standard InChI is InChI=1S/C26H33N5O4S/c1-14-20(36-13-27-14)16-7-9-17(10-8-16)26(6)24(35)29-22(30-26)19-11-18(33)12-31(19)23(34)21(25(3,4)5)28-15(2)32/h7-10,13,18-19,21,33H,11-12H2,1-6H3,(H,28,32)(H,29,30,35)/t18-,19-,21-,26+/m1/s1. The molecule has 9 nitrogen and oxygen atoms in total. The molecule has 36 heavy (non-hydrogen) atoms. The Morgan fingerprint density at radius 1 is 1.28 bits per heavy atom. The summed E-state index contributed by atoms with van der Waals surface area (Å²) in [5.41, 5.74) is 2.79. The predicted molar refractivity (Wildman–Crippen MR) is 138 cm³/mol. The van der Waals surface area contributed by atoms with Crippen LogP contribution < -0.4 is 10.6 Å². The van der Waals surface area contributed by atoms with Crippen molar-refractivity contribution < 1.29 is 19.5 Å². The van der Waals surface area contributed by atoms with E-state index in [1.165, 1.54) is 11.8 Å². The van der Waals surface area contributed by atoms with Gasteiger partial charge in [-0.05, 0) is 30.4 Å². The molecule has 0 radical (unpaired) electrons. The molecule has 0 unspecified atom stereocenters. The highest BCUT2D eigenvalue weighted by Crippen LogP contribution is 2.35. The van der Waals surface area contributed by atoms with Crippen LogP contribution in [0.3, 0.4) is 0 Å². The molecule has 0 bridgehead atoms. The fourth-order valence-corrected chi connectivity index (χ4v) is 5.58. The molecule has 3 amide bonds. The molecule has 4 atom stereocenters. The number of nitrogens with zero attached hydrogens (tertiary/aromatic N) is 3. The first-order valence-electron chi connectivity index (χ1n) is 12.0. The van der Waals surface area contributed by atoms with Crippen LogP contribution in [0.1, 0.15) is 52.3 Å². The summed E-state index contributed by atoms with van der Waals surface area (Å²) in [4.78, 5) is 50.2.